The summed E-state index contributed by atoms with van der Waals surface area (Å²) in [6.45, 7) is 2.29. The summed E-state index contributed by atoms with van der Waals surface area (Å²) >= 11 is 0. The van der Waals surface area contributed by atoms with Gasteiger partial charge in [0.2, 0.25) is 5.91 Å². The normalized spacial score (nSPS) is 21.4. The molecule has 2 N–H and O–H groups in total. The molecular formula is C21H21FN2O3. The van der Waals surface area contributed by atoms with Gasteiger partial charge in [-0.3, -0.25) is 14.8 Å². The molecule has 1 aliphatic carbocycles. The van der Waals surface area contributed by atoms with Crippen LogP contribution in [0.25, 0.3) is 0 Å². The molecule has 27 heavy (non-hydrogen) atoms. The van der Waals surface area contributed by atoms with Gasteiger partial charge in [-0.15, -0.1) is 0 Å². The lowest BCUT2D eigenvalue weighted by Gasteiger charge is -2.33. The maximum atomic E-state index is 13.9. The summed E-state index contributed by atoms with van der Waals surface area (Å²) in [5, 5.41) is 8.79. The number of carbonyl (C=O) groups excluding carboxylic acids is 2. The number of amides is 2. The number of anilines is 1. The average Bonchev–Trinajstić information content (AvgIpc) is 2.99. The van der Waals surface area contributed by atoms with E-state index in [1.165, 1.54) is 6.07 Å². The van der Waals surface area contributed by atoms with E-state index in [1.54, 1.807) is 41.6 Å². The van der Waals surface area contributed by atoms with Crippen molar-refractivity contribution in [3.05, 3.63) is 64.5 Å². The molecule has 0 radical (unpaired) electrons. The van der Waals surface area contributed by atoms with Crippen molar-refractivity contribution in [2.75, 3.05) is 11.4 Å². The van der Waals surface area contributed by atoms with Gasteiger partial charge in [-0.25, -0.2) is 9.87 Å². The van der Waals surface area contributed by atoms with E-state index in [9.17, 15) is 14.0 Å². The largest absolute Gasteiger partial charge is 0.312 e. The molecule has 0 unspecified atom stereocenters. The summed E-state index contributed by atoms with van der Waals surface area (Å²) in [7, 11) is 0. The highest BCUT2D eigenvalue weighted by Gasteiger charge is 2.48. The molecule has 2 amide bonds. The smallest absolute Gasteiger partial charge is 0.274 e. The highest BCUT2D eigenvalue weighted by molar-refractivity contribution is 6.00. The molecule has 5 nitrogen and oxygen atoms in total. The van der Waals surface area contributed by atoms with Crippen LogP contribution in [0.15, 0.2) is 36.4 Å². The number of rotatable bonds is 2. The lowest BCUT2D eigenvalue weighted by Crippen LogP contribution is -2.38. The van der Waals surface area contributed by atoms with E-state index in [-0.39, 0.29) is 11.7 Å². The van der Waals surface area contributed by atoms with Crippen LogP contribution in [0.1, 0.15) is 39.9 Å². The van der Waals surface area contributed by atoms with Crippen molar-refractivity contribution in [2.24, 2.45) is 5.41 Å². The number of benzene rings is 2. The molecule has 2 aromatic carbocycles. The monoisotopic (exact) mass is 368 g/mol. The van der Waals surface area contributed by atoms with Gasteiger partial charge in [-0.2, -0.15) is 0 Å². The molecule has 1 spiro atoms. The van der Waals surface area contributed by atoms with Crippen LogP contribution in [0.2, 0.25) is 0 Å². The van der Waals surface area contributed by atoms with E-state index in [1.807, 2.05) is 6.07 Å². The Balaban J connectivity index is 1.60. The summed E-state index contributed by atoms with van der Waals surface area (Å²) < 4.78 is 13.9. The Kier molecular flexibility index (Phi) is 4.23. The second-order valence-electron chi connectivity index (χ2n) is 7.52. The maximum absolute atomic E-state index is 13.9. The number of aryl methyl sites for hydroxylation is 2. The molecular weight excluding hydrogens is 347 g/mol. The van der Waals surface area contributed by atoms with Gasteiger partial charge in [0.15, 0.2) is 0 Å². The fraction of sp³-hybridized carbons (Fsp3) is 0.333. The molecule has 0 saturated carbocycles. The Bertz CT molecular complexity index is 943. The molecule has 1 fully saturated rings. The van der Waals surface area contributed by atoms with Gasteiger partial charge in [0, 0.05) is 17.8 Å². The first-order chi connectivity index (χ1) is 12.9. The summed E-state index contributed by atoms with van der Waals surface area (Å²) in [5.74, 6) is -0.791. The number of nitrogens with zero attached hydrogens (tertiary/aromatic N) is 1. The fourth-order valence-corrected chi connectivity index (χ4v) is 4.28. The molecule has 2 aliphatic rings. The zero-order valence-corrected chi connectivity index (χ0v) is 15.1. The van der Waals surface area contributed by atoms with Crippen LogP contribution in [-0.4, -0.2) is 23.6 Å². The van der Waals surface area contributed by atoms with Gasteiger partial charge in [0.1, 0.15) is 5.82 Å². The third-order valence-electron chi connectivity index (χ3n) is 5.95. The molecule has 1 atom stereocenters. The van der Waals surface area contributed by atoms with Gasteiger partial charge < -0.3 is 4.90 Å². The van der Waals surface area contributed by atoms with Gasteiger partial charge in [-0.05, 0) is 73.6 Å². The van der Waals surface area contributed by atoms with Crippen molar-refractivity contribution in [1.82, 2.24) is 5.48 Å². The van der Waals surface area contributed by atoms with E-state index in [2.05, 4.69) is 0 Å². The molecule has 0 bridgehead atoms. The minimum Gasteiger partial charge on any atom is -0.312 e. The zero-order valence-electron chi connectivity index (χ0n) is 15.1. The van der Waals surface area contributed by atoms with E-state index < -0.39 is 11.3 Å². The van der Waals surface area contributed by atoms with Crippen molar-refractivity contribution < 1.29 is 19.2 Å². The molecule has 0 aromatic heterocycles. The van der Waals surface area contributed by atoms with Gasteiger partial charge >= 0.3 is 0 Å². The van der Waals surface area contributed by atoms with Crippen molar-refractivity contribution in [1.29, 1.82) is 0 Å². The molecule has 6 heteroatoms. The lowest BCUT2D eigenvalue weighted by atomic mass is 9.70. The summed E-state index contributed by atoms with van der Waals surface area (Å²) in [6.07, 6.45) is 2.75. The molecule has 4 rings (SSSR count). The Morgan fingerprint density at radius 2 is 2.00 bits per heavy atom. The van der Waals surface area contributed by atoms with Gasteiger partial charge in [-0.1, -0.05) is 12.1 Å². The highest BCUT2D eigenvalue weighted by atomic mass is 19.1. The first-order valence-corrected chi connectivity index (χ1v) is 9.08. The average molecular weight is 368 g/mol. The fourth-order valence-electron chi connectivity index (χ4n) is 4.28. The SMILES string of the molecule is Cc1ccc(N2CC[C@]3(CCc4cc(C(=O)NO)ccc4C3)C2=O)cc1F. The first-order valence-electron chi connectivity index (χ1n) is 9.08. The third kappa shape index (κ3) is 2.90. The van der Waals surface area contributed by atoms with Gasteiger partial charge in [0.25, 0.3) is 5.91 Å². The van der Waals surface area contributed by atoms with E-state index in [0.717, 1.165) is 17.5 Å². The third-order valence-corrected chi connectivity index (χ3v) is 5.95. The quantitative estimate of drug-likeness (QED) is 0.632. The number of halogens is 1. The lowest BCUT2D eigenvalue weighted by molar-refractivity contribution is -0.126. The molecule has 2 aromatic rings. The second kappa shape index (κ2) is 6.46. The number of fused-ring (bicyclic) bond motifs is 1. The minimum absolute atomic E-state index is 0.0496. The Morgan fingerprint density at radius 1 is 1.19 bits per heavy atom. The maximum Gasteiger partial charge on any atom is 0.274 e. The van der Waals surface area contributed by atoms with E-state index in [4.69, 9.17) is 5.21 Å². The van der Waals surface area contributed by atoms with Crippen LogP contribution < -0.4 is 10.4 Å². The second-order valence-corrected chi connectivity index (χ2v) is 7.52. The Hall–Kier alpha value is -2.73. The van der Waals surface area contributed by atoms with Crippen LogP contribution in [0.4, 0.5) is 10.1 Å². The van der Waals surface area contributed by atoms with Gasteiger partial charge in [0.05, 0.1) is 5.41 Å². The summed E-state index contributed by atoms with van der Waals surface area (Å²) in [6, 6.07) is 10.2. The number of hydrogen-bond acceptors (Lipinski definition) is 3. The van der Waals surface area contributed by atoms with Crippen molar-refractivity contribution in [2.45, 2.75) is 32.6 Å². The predicted octanol–water partition coefficient (Wildman–Crippen LogP) is 3.17. The van der Waals surface area contributed by atoms with Crippen molar-refractivity contribution in [3.63, 3.8) is 0 Å². The zero-order chi connectivity index (χ0) is 19.2. The predicted molar refractivity (Wildman–Crippen MR) is 98.3 cm³/mol. The summed E-state index contributed by atoms with van der Waals surface area (Å²) in [5.41, 5.74) is 4.86. The topological polar surface area (TPSA) is 69.6 Å². The number of carbonyl (C=O) groups is 2. The Labute approximate surface area is 156 Å². The minimum atomic E-state index is -0.539. The molecule has 1 saturated heterocycles. The first kappa shape index (κ1) is 17.7. The van der Waals surface area contributed by atoms with Crippen LogP contribution in [-0.2, 0) is 17.6 Å². The van der Waals surface area contributed by atoms with Crippen LogP contribution in [0, 0.1) is 18.2 Å². The number of nitrogens with one attached hydrogen (secondary N) is 1. The van der Waals surface area contributed by atoms with E-state index in [0.29, 0.717) is 42.6 Å². The standard InChI is InChI=1S/C21H21FN2O3/c1-13-2-5-17(11-18(13)22)24-9-8-21(20(24)26)7-6-14-10-15(19(25)23-27)3-4-16(14)12-21/h2-5,10-11,27H,6-9,12H2,1H3,(H,23,25)/t21-/m0/s1. The molecule has 1 aliphatic heterocycles. The number of hydroxylamine groups is 1. The molecule has 1 heterocycles. The van der Waals surface area contributed by atoms with E-state index >= 15 is 0 Å². The highest BCUT2D eigenvalue weighted by Crippen LogP contribution is 2.45. The number of hydrogen-bond donors (Lipinski definition) is 2. The van der Waals surface area contributed by atoms with Crippen molar-refractivity contribution in [3.8, 4) is 0 Å². The molecule has 140 valence electrons. The van der Waals surface area contributed by atoms with Crippen LogP contribution in [0.3, 0.4) is 0 Å². The van der Waals surface area contributed by atoms with Crippen LogP contribution in [0.5, 0.6) is 0 Å². The summed E-state index contributed by atoms with van der Waals surface area (Å²) in [4.78, 5) is 26.5. The van der Waals surface area contributed by atoms with Crippen LogP contribution >= 0.6 is 0 Å². The Morgan fingerprint density at radius 3 is 2.74 bits per heavy atom. The van der Waals surface area contributed by atoms with Crippen molar-refractivity contribution >= 4 is 17.5 Å².